The van der Waals surface area contributed by atoms with E-state index in [1.54, 1.807) is 18.2 Å². The van der Waals surface area contributed by atoms with Gasteiger partial charge in [0.05, 0.1) is 11.1 Å². The molecule has 130 valence electrons. The normalized spacial score (nSPS) is 15.4. The first-order valence-electron chi connectivity index (χ1n) is 8.22. The van der Waals surface area contributed by atoms with Crippen molar-refractivity contribution in [2.75, 3.05) is 17.2 Å². The molecule has 2 amide bonds. The number of fused-ring (bicyclic) bond motifs is 1. The Morgan fingerprint density at radius 2 is 1.80 bits per heavy atom. The number of carbonyl (C=O) groups excluding carboxylic acids is 2. The average molecular weight is 338 g/mol. The highest BCUT2D eigenvalue weighted by molar-refractivity contribution is 6.05. The van der Waals surface area contributed by atoms with Gasteiger partial charge in [-0.3, -0.25) is 9.59 Å². The molecule has 0 radical (unpaired) electrons. The first-order valence-corrected chi connectivity index (χ1v) is 8.22. The number of benzene rings is 2. The van der Waals surface area contributed by atoms with Crippen molar-refractivity contribution in [3.8, 4) is 5.75 Å². The SMILES string of the molecule is Cc1cc(C)cc(C(=O)Nc2ccc3c(c2)OCC(C)(C)C(=O)N3)c1. The van der Waals surface area contributed by atoms with E-state index in [2.05, 4.69) is 10.6 Å². The summed E-state index contributed by atoms with van der Waals surface area (Å²) in [6.45, 7) is 7.86. The van der Waals surface area contributed by atoms with Gasteiger partial charge in [0.2, 0.25) is 5.91 Å². The molecule has 5 nitrogen and oxygen atoms in total. The van der Waals surface area contributed by atoms with Crippen molar-refractivity contribution < 1.29 is 14.3 Å². The second-order valence-electron chi connectivity index (χ2n) is 7.17. The Hall–Kier alpha value is -2.82. The zero-order valence-electron chi connectivity index (χ0n) is 14.9. The lowest BCUT2D eigenvalue weighted by molar-refractivity contribution is -0.124. The summed E-state index contributed by atoms with van der Waals surface area (Å²) in [6.07, 6.45) is 0. The van der Waals surface area contributed by atoms with Gasteiger partial charge in [0.25, 0.3) is 5.91 Å². The van der Waals surface area contributed by atoms with Crippen LogP contribution < -0.4 is 15.4 Å². The molecule has 2 aromatic carbocycles. The minimum Gasteiger partial charge on any atom is -0.490 e. The van der Waals surface area contributed by atoms with Gasteiger partial charge in [-0.05, 0) is 52.0 Å². The van der Waals surface area contributed by atoms with E-state index >= 15 is 0 Å². The third-order valence-electron chi connectivity index (χ3n) is 4.17. The third-order valence-corrected chi connectivity index (χ3v) is 4.17. The monoisotopic (exact) mass is 338 g/mol. The fourth-order valence-electron chi connectivity index (χ4n) is 2.75. The molecule has 2 N–H and O–H groups in total. The van der Waals surface area contributed by atoms with Gasteiger partial charge in [-0.2, -0.15) is 0 Å². The van der Waals surface area contributed by atoms with E-state index in [9.17, 15) is 9.59 Å². The fraction of sp³-hybridized carbons (Fsp3) is 0.300. The van der Waals surface area contributed by atoms with Gasteiger partial charge in [-0.15, -0.1) is 0 Å². The molecule has 1 aliphatic rings. The van der Waals surface area contributed by atoms with Crippen molar-refractivity contribution in [1.29, 1.82) is 0 Å². The van der Waals surface area contributed by atoms with Crippen molar-refractivity contribution >= 4 is 23.2 Å². The van der Waals surface area contributed by atoms with E-state index < -0.39 is 5.41 Å². The quantitative estimate of drug-likeness (QED) is 0.872. The van der Waals surface area contributed by atoms with Gasteiger partial charge in [0.1, 0.15) is 12.4 Å². The second-order valence-corrected chi connectivity index (χ2v) is 7.17. The summed E-state index contributed by atoms with van der Waals surface area (Å²) in [6, 6.07) is 11.0. The van der Waals surface area contributed by atoms with E-state index in [4.69, 9.17) is 4.74 Å². The van der Waals surface area contributed by atoms with Crippen molar-refractivity contribution in [1.82, 2.24) is 0 Å². The topological polar surface area (TPSA) is 67.4 Å². The maximum atomic E-state index is 12.5. The van der Waals surface area contributed by atoms with E-state index in [-0.39, 0.29) is 18.4 Å². The molecule has 0 aromatic heterocycles. The van der Waals surface area contributed by atoms with E-state index in [0.717, 1.165) is 11.1 Å². The van der Waals surface area contributed by atoms with Gasteiger partial charge in [-0.1, -0.05) is 17.2 Å². The molecule has 0 spiro atoms. The van der Waals surface area contributed by atoms with Crippen molar-refractivity contribution in [3.63, 3.8) is 0 Å². The minimum absolute atomic E-state index is 0.0849. The van der Waals surface area contributed by atoms with E-state index in [1.165, 1.54) is 0 Å². The van der Waals surface area contributed by atoms with E-state index in [1.807, 2.05) is 45.9 Å². The number of hydrogen-bond acceptors (Lipinski definition) is 3. The molecule has 3 rings (SSSR count). The van der Waals surface area contributed by atoms with Crippen LogP contribution in [-0.2, 0) is 4.79 Å². The van der Waals surface area contributed by atoms with Crippen LogP contribution in [-0.4, -0.2) is 18.4 Å². The Kier molecular flexibility index (Phi) is 4.25. The van der Waals surface area contributed by atoms with Gasteiger partial charge < -0.3 is 15.4 Å². The summed E-state index contributed by atoms with van der Waals surface area (Å²) < 4.78 is 5.77. The summed E-state index contributed by atoms with van der Waals surface area (Å²) in [5.41, 5.74) is 3.32. The number of aryl methyl sites for hydroxylation is 2. The lowest BCUT2D eigenvalue weighted by Crippen LogP contribution is -2.33. The highest BCUT2D eigenvalue weighted by Gasteiger charge is 2.32. The Balaban J connectivity index is 1.82. The van der Waals surface area contributed by atoms with Crippen LogP contribution in [0.25, 0.3) is 0 Å². The van der Waals surface area contributed by atoms with Crippen LogP contribution in [0.2, 0.25) is 0 Å². The van der Waals surface area contributed by atoms with Gasteiger partial charge in [-0.25, -0.2) is 0 Å². The zero-order valence-corrected chi connectivity index (χ0v) is 14.9. The van der Waals surface area contributed by atoms with Crippen LogP contribution >= 0.6 is 0 Å². The molecule has 0 saturated carbocycles. The summed E-state index contributed by atoms with van der Waals surface area (Å²) in [7, 11) is 0. The molecule has 2 aromatic rings. The van der Waals surface area contributed by atoms with Crippen LogP contribution in [0, 0.1) is 19.3 Å². The standard InChI is InChI=1S/C20H22N2O3/c1-12-7-13(2)9-14(8-12)18(23)21-15-5-6-16-17(10-15)25-11-20(3,4)19(24)22-16/h5-10H,11H2,1-4H3,(H,21,23)(H,22,24). The molecule has 0 fully saturated rings. The van der Waals surface area contributed by atoms with Gasteiger partial charge in [0.15, 0.2) is 0 Å². The zero-order chi connectivity index (χ0) is 18.2. The maximum absolute atomic E-state index is 12.5. The van der Waals surface area contributed by atoms with Crippen LogP contribution in [0.3, 0.4) is 0 Å². The minimum atomic E-state index is -0.610. The number of carbonyl (C=O) groups is 2. The van der Waals surface area contributed by atoms with Gasteiger partial charge >= 0.3 is 0 Å². The Morgan fingerprint density at radius 3 is 2.48 bits per heavy atom. The molecule has 1 heterocycles. The number of rotatable bonds is 2. The molecule has 0 unspecified atom stereocenters. The lowest BCUT2D eigenvalue weighted by atomic mass is 9.94. The van der Waals surface area contributed by atoms with Crippen LogP contribution in [0.1, 0.15) is 35.3 Å². The number of hydrogen-bond donors (Lipinski definition) is 2. The number of ether oxygens (including phenoxy) is 1. The molecule has 5 heteroatoms. The second kappa shape index (κ2) is 6.24. The Labute approximate surface area is 147 Å². The lowest BCUT2D eigenvalue weighted by Gasteiger charge is -2.18. The summed E-state index contributed by atoms with van der Waals surface area (Å²) >= 11 is 0. The first-order chi connectivity index (χ1) is 11.7. The first kappa shape index (κ1) is 17.0. The molecular weight excluding hydrogens is 316 g/mol. The average Bonchev–Trinajstić information content (AvgIpc) is 2.64. The molecule has 0 bridgehead atoms. The molecule has 25 heavy (non-hydrogen) atoms. The Morgan fingerprint density at radius 1 is 1.12 bits per heavy atom. The maximum Gasteiger partial charge on any atom is 0.255 e. The molecule has 0 atom stereocenters. The highest BCUT2D eigenvalue weighted by Crippen LogP contribution is 2.34. The van der Waals surface area contributed by atoms with Crippen LogP contribution in [0.15, 0.2) is 36.4 Å². The van der Waals surface area contributed by atoms with Crippen molar-refractivity contribution in [3.05, 3.63) is 53.1 Å². The summed E-state index contributed by atoms with van der Waals surface area (Å²) in [5.74, 6) is 0.292. The van der Waals surface area contributed by atoms with Gasteiger partial charge in [0, 0.05) is 17.3 Å². The molecule has 0 saturated heterocycles. The molecule has 1 aliphatic heterocycles. The smallest absolute Gasteiger partial charge is 0.255 e. The Bertz CT molecular complexity index is 836. The van der Waals surface area contributed by atoms with Crippen LogP contribution in [0.4, 0.5) is 11.4 Å². The number of amides is 2. The predicted molar refractivity (Wildman–Crippen MR) is 98.2 cm³/mol. The summed E-state index contributed by atoms with van der Waals surface area (Å²) in [4.78, 5) is 24.6. The predicted octanol–water partition coefficient (Wildman–Crippen LogP) is 3.91. The highest BCUT2D eigenvalue weighted by atomic mass is 16.5. The molecular formula is C20H22N2O3. The third kappa shape index (κ3) is 3.65. The largest absolute Gasteiger partial charge is 0.490 e. The van der Waals surface area contributed by atoms with E-state index in [0.29, 0.717) is 22.7 Å². The fourth-order valence-corrected chi connectivity index (χ4v) is 2.75. The van der Waals surface area contributed by atoms with Crippen molar-refractivity contribution in [2.24, 2.45) is 5.41 Å². The van der Waals surface area contributed by atoms with Crippen LogP contribution in [0.5, 0.6) is 5.75 Å². The summed E-state index contributed by atoms with van der Waals surface area (Å²) in [5, 5.41) is 5.75. The number of nitrogens with one attached hydrogen (secondary N) is 2. The molecule has 0 aliphatic carbocycles. The van der Waals surface area contributed by atoms with Crippen molar-refractivity contribution in [2.45, 2.75) is 27.7 Å². The number of anilines is 2.